The first-order chi connectivity index (χ1) is 11.1. The minimum atomic E-state index is -3.29. The largest absolute Gasteiger partial charge is 0.300 e. The first kappa shape index (κ1) is 17.1. The van der Waals surface area contributed by atoms with E-state index < -0.39 is 10.0 Å². The number of sulfonamides is 1. The van der Waals surface area contributed by atoms with Crippen LogP contribution in [-0.2, 0) is 10.0 Å². The second-order valence-corrected chi connectivity index (χ2v) is 9.92. The summed E-state index contributed by atoms with van der Waals surface area (Å²) in [6.45, 7) is 5.92. The molecule has 1 aliphatic carbocycles. The van der Waals surface area contributed by atoms with Crippen molar-refractivity contribution in [2.45, 2.75) is 43.2 Å². The molecule has 0 radical (unpaired) electrons. The minimum Gasteiger partial charge on any atom is -0.300 e. The van der Waals surface area contributed by atoms with E-state index in [0.717, 1.165) is 30.9 Å². The zero-order valence-electron chi connectivity index (χ0n) is 13.8. The lowest BCUT2D eigenvalue weighted by atomic mass is 9.97. The number of rotatable bonds is 5. The minimum absolute atomic E-state index is 0.482. The van der Waals surface area contributed by atoms with E-state index in [1.54, 1.807) is 15.9 Å². The van der Waals surface area contributed by atoms with Crippen LogP contribution in [0.5, 0.6) is 0 Å². The summed E-state index contributed by atoms with van der Waals surface area (Å²) in [6, 6.07) is 3.61. The van der Waals surface area contributed by atoms with Gasteiger partial charge >= 0.3 is 0 Å². The number of hydrogen-bond acceptors (Lipinski definition) is 4. The van der Waals surface area contributed by atoms with Gasteiger partial charge in [-0.2, -0.15) is 4.31 Å². The Morgan fingerprint density at radius 2 is 1.91 bits per heavy atom. The first-order valence-electron chi connectivity index (χ1n) is 8.52. The normalized spacial score (nSPS) is 21.3. The molecular weight excluding hydrogens is 328 g/mol. The lowest BCUT2D eigenvalue weighted by molar-refractivity contribution is 0.189. The third-order valence-corrected chi connectivity index (χ3v) is 8.14. The number of hydrogen-bond donors (Lipinski definition) is 0. The molecule has 2 aliphatic rings. The van der Waals surface area contributed by atoms with Crippen molar-refractivity contribution >= 4 is 21.4 Å². The topological polar surface area (TPSA) is 40.6 Å². The van der Waals surface area contributed by atoms with Crippen LogP contribution in [0.4, 0.5) is 0 Å². The van der Waals surface area contributed by atoms with E-state index in [1.807, 2.05) is 13.0 Å². The Hall–Kier alpha value is -0.690. The standard InChI is InChI=1S/C17H26N2O2S2/c1-15-7-8-17(22-15)23(20,21)19-13-11-18(12-14-19)10-9-16-5-3-2-4-6-16/h5,7-8H,2-4,6,9-14H2,1H3. The first-order valence-corrected chi connectivity index (χ1v) is 10.8. The molecule has 1 aromatic heterocycles. The van der Waals surface area contributed by atoms with Gasteiger partial charge in [-0.25, -0.2) is 8.42 Å². The lowest BCUT2D eigenvalue weighted by Crippen LogP contribution is -2.48. The molecule has 1 aromatic rings. The molecule has 1 aliphatic heterocycles. The van der Waals surface area contributed by atoms with Crippen LogP contribution in [0.1, 0.15) is 37.0 Å². The van der Waals surface area contributed by atoms with E-state index in [2.05, 4.69) is 11.0 Å². The molecule has 0 atom stereocenters. The van der Waals surface area contributed by atoms with Crippen LogP contribution in [-0.4, -0.2) is 50.3 Å². The molecular formula is C17H26N2O2S2. The highest BCUT2D eigenvalue weighted by Crippen LogP contribution is 2.25. The van der Waals surface area contributed by atoms with Gasteiger partial charge in [0.15, 0.2) is 0 Å². The number of aryl methyl sites for hydroxylation is 1. The Bertz CT molecular complexity index is 656. The van der Waals surface area contributed by atoms with Gasteiger partial charge in [0.2, 0.25) is 0 Å². The van der Waals surface area contributed by atoms with Crippen LogP contribution < -0.4 is 0 Å². The van der Waals surface area contributed by atoms with E-state index in [-0.39, 0.29) is 0 Å². The smallest absolute Gasteiger partial charge is 0.252 e. The van der Waals surface area contributed by atoms with Gasteiger partial charge in [-0.15, -0.1) is 11.3 Å². The van der Waals surface area contributed by atoms with Crippen molar-refractivity contribution in [1.29, 1.82) is 0 Å². The molecule has 3 rings (SSSR count). The van der Waals surface area contributed by atoms with Crippen molar-refractivity contribution in [2.24, 2.45) is 0 Å². The van der Waals surface area contributed by atoms with Crippen molar-refractivity contribution in [1.82, 2.24) is 9.21 Å². The average Bonchev–Trinajstić information content (AvgIpc) is 3.02. The molecule has 0 saturated carbocycles. The molecule has 2 heterocycles. The van der Waals surface area contributed by atoms with Gasteiger partial charge in [-0.3, -0.25) is 0 Å². The maximum absolute atomic E-state index is 12.6. The van der Waals surface area contributed by atoms with Gasteiger partial charge in [0.25, 0.3) is 10.0 Å². The molecule has 0 bridgehead atoms. The third kappa shape index (κ3) is 4.24. The molecule has 4 nitrogen and oxygen atoms in total. The predicted octanol–water partition coefficient (Wildman–Crippen LogP) is 3.25. The molecule has 0 aromatic carbocycles. The summed E-state index contributed by atoms with van der Waals surface area (Å²) in [5, 5.41) is 0. The van der Waals surface area contributed by atoms with Crippen LogP contribution in [0.25, 0.3) is 0 Å². The zero-order valence-corrected chi connectivity index (χ0v) is 15.5. The van der Waals surface area contributed by atoms with Crippen molar-refractivity contribution in [3.63, 3.8) is 0 Å². The summed E-state index contributed by atoms with van der Waals surface area (Å²) in [4.78, 5) is 3.45. The molecule has 0 spiro atoms. The number of nitrogens with zero attached hydrogens (tertiary/aromatic N) is 2. The summed E-state index contributed by atoms with van der Waals surface area (Å²) < 4.78 is 27.4. The van der Waals surface area contributed by atoms with Crippen LogP contribution >= 0.6 is 11.3 Å². The highest BCUT2D eigenvalue weighted by atomic mass is 32.2. The molecule has 0 unspecified atom stereocenters. The fraction of sp³-hybridized carbons (Fsp3) is 0.647. The maximum atomic E-state index is 12.6. The molecule has 23 heavy (non-hydrogen) atoms. The van der Waals surface area contributed by atoms with E-state index in [0.29, 0.717) is 17.3 Å². The van der Waals surface area contributed by atoms with Gasteiger partial charge in [0, 0.05) is 37.6 Å². The van der Waals surface area contributed by atoms with Gasteiger partial charge in [0.05, 0.1) is 0 Å². The fourth-order valence-electron chi connectivity index (χ4n) is 3.30. The van der Waals surface area contributed by atoms with E-state index in [9.17, 15) is 8.42 Å². The number of piperazine rings is 1. The molecule has 1 fully saturated rings. The number of thiophene rings is 1. The summed E-state index contributed by atoms with van der Waals surface area (Å²) in [5.74, 6) is 0. The van der Waals surface area contributed by atoms with Crippen LogP contribution in [0.15, 0.2) is 28.0 Å². The predicted molar refractivity (Wildman–Crippen MR) is 95.4 cm³/mol. The molecule has 128 valence electrons. The molecule has 0 N–H and O–H groups in total. The monoisotopic (exact) mass is 354 g/mol. The van der Waals surface area contributed by atoms with E-state index >= 15 is 0 Å². The fourth-order valence-corrected chi connectivity index (χ4v) is 6.16. The SMILES string of the molecule is Cc1ccc(S(=O)(=O)N2CCN(CCC3=CCCCC3)CC2)s1. The van der Waals surface area contributed by atoms with Crippen molar-refractivity contribution in [3.05, 3.63) is 28.7 Å². The second kappa shape index (κ2) is 7.47. The van der Waals surface area contributed by atoms with Crippen LogP contribution in [0.3, 0.4) is 0 Å². The van der Waals surface area contributed by atoms with Gasteiger partial charge in [-0.05, 0) is 51.2 Å². The highest BCUT2D eigenvalue weighted by molar-refractivity contribution is 7.91. The van der Waals surface area contributed by atoms with Gasteiger partial charge < -0.3 is 4.90 Å². The Kier molecular flexibility index (Phi) is 5.57. The Morgan fingerprint density at radius 1 is 1.13 bits per heavy atom. The summed E-state index contributed by atoms with van der Waals surface area (Å²) in [7, 11) is -3.29. The van der Waals surface area contributed by atoms with Crippen molar-refractivity contribution in [2.75, 3.05) is 32.7 Å². The summed E-state index contributed by atoms with van der Waals surface area (Å²) in [5.41, 5.74) is 1.60. The van der Waals surface area contributed by atoms with E-state index in [4.69, 9.17) is 0 Å². The molecule has 1 saturated heterocycles. The van der Waals surface area contributed by atoms with Crippen LogP contribution in [0.2, 0.25) is 0 Å². The quantitative estimate of drug-likeness (QED) is 0.762. The Balaban J connectivity index is 1.51. The zero-order chi connectivity index (χ0) is 16.3. The number of allylic oxidation sites excluding steroid dienone is 1. The van der Waals surface area contributed by atoms with E-state index in [1.165, 1.54) is 37.0 Å². The highest BCUT2D eigenvalue weighted by Gasteiger charge is 2.29. The van der Waals surface area contributed by atoms with Crippen molar-refractivity contribution < 1.29 is 8.42 Å². The Labute approximate surface area is 143 Å². The van der Waals surface area contributed by atoms with Crippen molar-refractivity contribution in [3.8, 4) is 0 Å². The lowest BCUT2D eigenvalue weighted by Gasteiger charge is -2.34. The summed E-state index contributed by atoms with van der Waals surface area (Å²) >= 11 is 1.37. The second-order valence-electron chi connectivity index (χ2n) is 6.47. The van der Waals surface area contributed by atoms with Gasteiger partial charge in [-0.1, -0.05) is 11.6 Å². The van der Waals surface area contributed by atoms with Crippen LogP contribution in [0, 0.1) is 6.92 Å². The Morgan fingerprint density at radius 3 is 2.52 bits per heavy atom. The third-order valence-electron chi connectivity index (χ3n) is 4.78. The average molecular weight is 355 g/mol. The molecule has 6 heteroatoms. The van der Waals surface area contributed by atoms with Gasteiger partial charge in [0.1, 0.15) is 4.21 Å². The maximum Gasteiger partial charge on any atom is 0.252 e. The molecule has 0 amide bonds. The summed E-state index contributed by atoms with van der Waals surface area (Å²) in [6.07, 6.45) is 8.72.